The molecule has 1 unspecified atom stereocenters. The number of carbonyl (C=O) groups excluding carboxylic acids is 2. The van der Waals surface area contributed by atoms with Gasteiger partial charge in [-0.3, -0.25) is 9.59 Å². The summed E-state index contributed by atoms with van der Waals surface area (Å²) in [4.78, 5) is 29.7. The van der Waals surface area contributed by atoms with Crippen molar-refractivity contribution in [3.63, 3.8) is 0 Å². The predicted octanol–water partition coefficient (Wildman–Crippen LogP) is 6.75. The molecule has 0 aliphatic rings. The summed E-state index contributed by atoms with van der Waals surface area (Å²) in [5.41, 5.74) is 1.99. The van der Waals surface area contributed by atoms with Crippen molar-refractivity contribution >= 4 is 51.1 Å². The number of hydrogen-bond donors (Lipinski definition) is 1. The van der Waals surface area contributed by atoms with E-state index in [9.17, 15) is 9.59 Å². The van der Waals surface area contributed by atoms with Crippen molar-refractivity contribution in [2.24, 2.45) is 0 Å². The summed E-state index contributed by atoms with van der Waals surface area (Å²) in [6.07, 6.45) is 0.774. The molecule has 4 nitrogen and oxygen atoms in total. The van der Waals surface area contributed by atoms with Crippen LogP contribution in [0.3, 0.4) is 0 Å². The molecule has 0 bridgehead atoms. The van der Waals surface area contributed by atoms with E-state index in [-0.39, 0.29) is 17.9 Å². The van der Waals surface area contributed by atoms with Gasteiger partial charge in [0.15, 0.2) is 0 Å². The first-order chi connectivity index (χ1) is 16.8. The first-order valence-corrected chi connectivity index (χ1v) is 13.7. The summed E-state index contributed by atoms with van der Waals surface area (Å²) < 4.78 is 0.969. The molecule has 0 aromatic heterocycles. The van der Waals surface area contributed by atoms with E-state index in [2.05, 4.69) is 21.2 Å². The quantitative estimate of drug-likeness (QED) is 0.258. The van der Waals surface area contributed by atoms with Crippen molar-refractivity contribution in [3.05, 3.63) is 99.5 Å². The zero-order valence-corrected chi connectivity index (χ0v) is 23.1. The molecule has 0 saturated carbocycles. The standard InChI is InChI=1S/C28H30BrClN2O2S/c1-20(2)31-28(34)26(18-21-6-4-3-5-7-21)32(19-22-8-10-23(29)11-9-22)27(33)16-17-35-25-14-12-24(30)13-15-25/h3-15,20,26H,16-19H2,1-2H3,(H,31,34). The molecule has 0 saturated heterocycles. The number of nitrogens with zero attached hydrogens (tertiary/aromatic N) is 1. The third-order valence-electron chi connectivity index (χ3n) is 5.37. The Morgan fingerprint density at radius 1 is 0.943 bits per heavy atom. The van der Waals surface area contributed by atoms with Crippen LogP contribution in [0.25, 0.3) is 0 Å². The Bertz CT molecular complexity index is 1090. The number of rotatable bonds is 11. The fourth-order valence-corrected chi connectivity index (χ4v) is 4.88. The van der Waals surface area contributed by atoms with Crippen LogP contribution in [0, 0.1) is 0 Å². The normalized spacial score (nSPS) is 11.8. The van der Waals surface area contributed by atoms with E-state index in [0.717, 1.165) is 20.5 Å². The molecule has 0 spiro atoms. The lowest BCUT2D eigenvalue weighted by atomic mass is 10.0. The summed E-state index contributed by atoms with van der Waals surface area (Å²) in [6, 6.07) is 24.7. The second-order valence-corrected chi connectivity index (χ2v) is 11.1. The monoisotopic (exact) mass is 572 g/mol. The van der Waals surface area contributed by atoms with Crippen molar-refractivity contribution in [3.8, 4) is 0 Å². The molecular formula is C28H30BrClN2O2S. The van der Waals surface area contributed by atoms with E-state index in [1.807, 2.05) is 92.7 Å². The molecule has 3 rings (SSSR count). The average Bonchev–Trinajstić information content (AvgIpc) is 2.84. The highest BCUT2D eigenvalue weighted by Gasteiger charge is 2.30. The maximum absolute atomic E-state index is 13.6. The minimum absolute atomic E-state index is 0.0223. The van der Waals surface area contributed by atoms with Crippen molar-refractivity contribution in [2.45, 2.75) is 50.2 Å². The van der Waals surface area contributed by atoms with Gasteiger partial charge >= 0.3 is 0 Å². The molecule has 0 aliphatic heterocycles. The Balaban J connectivity index is 1.83. The molecular weight excluding hydrogens is 544 g/mol. The smallest absolute Gasteiger partial charge is 0.243 e. The van der Waals surface area contributed by atoms with Crippen molar-refractivity contribution in [1.29, 1.82) is 0 Å². The van der Waals surface area contributed by atoms with Crippen LogP contribution in [0.5, 0.6) is 0 Å². The Labute approximate surface area is 225 Å². The molecule has 2 amide bonds. The van der Waals surface area contributed by atoms with Crippen molar-refractivity contribution in [1.82, 2.24) is 10.2 Å². The van der Waals surface area contributed by atoms with Gasteiger partial charge in [-0.1, -0.05) is 70.0 Å². The fourth-order valence-electron chi connectivity index (χ4n) is 3.65. The Hall–Kier alpha value is -2.28. The van der Waals surface area contributed by atoms with Crippen LogP contribution < -0.4 is 5.32 Å². The second kappa shape index (κ2) is 13.7. The highest BCUT2D eigenvalue weighted by molar-refractivity contribution is 9.10. The summed E-state index contributed by atoms with van der Waals surface area (Å²) >= 11 is 11.1. The highest BCUT2D eigenvalue weighted by Crippen LogP contribution is 2.23. The number of amides is 2. The van der Waals surface area contributed by atoms with Gasteiger partial charge in [0.2, 0.25) is 11.8 Å². The van der Waals surface area contributed by atoms with Gasteiger partial charge in [0.25, 0.3) is 0 Å². The lowest BCUT2D eigenvalue weighted by Crippen LogP contribution is -2.51. The maximum Gasteiger partial charge on any atom is 0.243 e. The maximum atomic E-state index is 13.6. The Morgan fingerprint density at radius 2 is 1.60 bits per heavy atom. The van der Waals surface area contributed by atoms with Gasteiger partial charge in [-0.2, -0.15) is 0 Å². The van der Waals surface area contributed by atoms with Crippen LogP contribution in [-0.4, -0.2) is 34.6 Å². The van der Waals surface area contributed by atoms with Gasteiger partial charge in [0.05, 0.1) is 0 Å². The molecule has 184 valence electrons. The van der Waals surface area contributed by atoms with E-state index in [1.165, 1.54) is 0 Å². The molecule has 35 heavy (non-hydrogen) atoms. The van der Waals surface area contributed by atoms with Crippen LogP contribution in [-0.2, 0) is 22.6 Å². The van der Waals surface area contributed by atoms with Crippen LogP contribution in [0.1, 0.15) is 31.4 Å². The van der Waals surface area contributed by atoms with E-state index in [1.54, 1.807) is 16.7 Å². The number of halogens is 2. The van der Waals surface area contributed by atoms with Gasteiger partial charge in [-0.25, -0.2) is 0 Å². The van der Waals surface area contributed by atoms with Gasteiger partial charge in [0.1, 0.15) is 6.04 Å². The Kier molecular flexibility index (Phi) is 10.7. The number of nitrogens with one attached hydrogen (secondary N) is 1. The molecule has 0 fully saturated rings. The minimum atomic E-state index is -0.614. The lowest BCUT2D eigenvalue weighted by Gasteiger charge is -2.32. The fraction of sp³-hybridized carbons (Fsp3) is 0.286. The van der Waals surface area contributed by atoms with Crippen molar-refractivity contribution in [2.75, 3.05) is 5.75 Å². The number of benzene rings is 3. The molecule has 1 atom stereocenters. The zero-order valence-electron chi connectivity index (χ0n) is 19.9. The highest BCUT2D eigenvalue weighted by atomic mass is 79.9. The molecule has 3 aromatic rings. The molecule has 3 aromatic carbocycles. The number of thioether (sulfide) groups is 1. The number of hydrogen-bond acceptors (Lipinski definition) is 3. The minimum Gasteiger partial charge on any atom is -0.352 e. The van der Waals surface area contributed by atoms with E-state index >= 15 is 0 Å². The Morgan fingerprint density at radius 3 is 2.23 bits per heavy atom. The van der Waals surface area contributed by atoms with Crippen LogP contribution in [0.4, 0.5) is 0 Å². The largest absolute Gasteiger partial charge is 0.352 e. The number of carbonyl (C=O) groups is 2. The summed E-state index contributed by atoms with van der Waals surface area (Å²) in [6.45, 7) is 4.23. The summed E-state index contributed by atoms with van der Waals surface area (Å²) in [5, 5.41) is 3.71. The predicted molar refractivity (Wildman–Crippen MR) is 149 cm³/mol. The van der Waals surface area contributed by atoms with Crippen molar-refractivity contribution < 1.29 is 9.59 Å². The third kappa shape index (κ3) is 9.02. The van der Waals surface area contributed by atoms with E-state index in [0.29, 0.717) is 30.2 Å². The summed E-state index contributed by atoms with van der Waals surface area (Å²) in [5.74, 6) is 0.426. The molecule has 0 radical (unpaired) electrons. The van der Waals surface area contributed by atoms with Gasteiger partial charge in [-0.05, 0) is 61.4 Å². The van der Waals surface area contributed by atoms with Gasteiger partial charge in [-0.15, -0.1) is 11.8 Å². The van der Waals surface area contributed by atoms with Gasteiger partial charge < -0.3 is 10.2 Å². The molecule has 7 heteroatoms. The summed E-state index contributed by atoms with van der Waals surface area (Å²) in [7, 11) is 0. The van der Waals surface area contributed by atoms with Crippen LogP contribution >= 0.6 is 39.3 Å². The van der Waals surface area contributed by atoms with Gasteiger partial charge in [0, 0.05) is 45.6 Å². The first-order valence-electron chi connectivity index (χ1n) is 11.6. The molecule has 0 heterocycles. The van der Waals surface area contributed by atoms with E-state index in [4.69, 9.17) is 11.6 Å². The zero-order chi connectivity index (χ0) is 25.2. The van der Waals surface area contributed by atoms with Crippen LogP contribution in [0.2, 0.25) is 5.02 Å². The lowest BCUT2D eigenvalue weighted by molar-refractivity contribution is -0.141. The first kappa shape index (κ1) is 27.3. The SMILES string of the molecule is CC(C)NC(=O)C(Cc1ccccc1)N(Cc1ccc(Br)cc1)C(=O)CCSc1ccc(Cl)cc1. The van der Waals surface area contributed by atoms with Crippen LogP contribution in [0.15, 0.2) is 88.2 Å². The topological polar surface area (TPSA) is 49.4 Å². The average molecular weight is 574 g/mol. The second-order valence-electron chi connectivity index (χ2n) is 8.57. The molecule has 0 aliphatic carbocycles. The molecule has 1 N–H and O–H groups in total. The van der Waals surface area contributed by atoms with E-state index < -0.39 is 6.04 Å². The third-order valence-corrected chi connectivity index (χ3v) is 7.16.